The highest BCUT2D eigenvalue weighted by atomic mass is 35.5. The predicted octanol–water partition coefficient (Wildman–Crippen LogP) is 8.51. The number of hydrogen-bond acceptors (Lipinski definition) is 5. The zero-order valence-electron chi connectivity index (χ0n) is 29.1. The summed E-state index contributed by atoms with van der Waals surface area (Å²) < 4.78 is 0. The van der Waals surface area contributed by atoms with Gasteiger partial charge in [-0.15, -0.1) is 0 Å². The summed E-state index contributed by atoms with van der Waals surface area (Å²) in [5, 5.41) is 28.0. The Balaban J connectivity index is 1.55. The number of anilines is 2. The molecule has 1 amide bonds. The first kappa shape index (κ1) is 36.5. The molecule has 4 N–H and O–H groups in total. The summed E-state index contributed by atoms with van der Waals surface area (Å²) in [6.45, 7) is 8.79. The molecule has 8 nitrogen and oxygen atoms in total. The highest BCUT2D eigenvalue weighted by Crippen LogP contribution is 2.51. The summed E-state index contributed by atoms with van der Waals surface area (Å²) >= 11 is 6.43. The molecule has 262 valence electrons. The number of nitrogens with zero attached hydrogens (tertiary/aromatic N) is 1. The van der Waals surface area contributed by atoms with E-state index in [4.69, 9.17) is 11.6 Å². The summed E-state index contributed by atoms with van der Waals surface area (Å²) in [5.74, 6) is -1.68. The molecule has 3 aromatic rings. The summed E-state index contributed by atoms with van der Waals surface area (Å²) in [7, 11) is 0. The first-order valence-electron chi connectivity index (χ1n) is 17.0. The number of carboxylic acids is 2. The van der Waals surface area contributed by atoms with Crippen molar-refractivity contribution in [1.82, 2.24) is 4.90 Å². The maximum Gasteiger partial charge on any atom is 0.305 e. The van der Waals surface area contributed by atoms with Crippen LogP contribution in [-0.2, 0) is 26.2 Å². The Bertz CT molecular complexity index is 1880. The molecule has 1 saturated heterocycles. The zero-order valence-corrected chi connectivity index (χ0v) is 29.8. The van der Waals surface area contributed by atoms with Gasteiger partial charge in [-0.05, 0) is 71.2 Å². The molecule has 5 rings (SSSR count). The van der Waals surface area contributed by atoms with Crippen molar-refractivity contribution in [2.45, 2.75) is 64.8 Å². The van der Waals surface area contributed by atoms with Crippen molar-refractivity contribution in [2.24, 2.45) is 11.3 Å². The van der Waals surface area contributed by atoms with E-state index < -0.39 is 17.4 Å². The quantitative estimate of drug-likeness (QED) is 0.134. The van der Waals surface area contributed by atoms with Crippen molar-refractivity contribution in [1.29, 1.82) is 0 Å². The van der Waals surface area contributed by atoms with Crippen LogP contribution in [0.3, 0.4) is 0 Å². The van der Waals surface area contributed by atoms with Gasteiger partial charge in [0.05, 0.1) is 18.9 Å². The highest BCUT2D eigenvalue weighted by Gasteiger charge is 2.48. The standard InChI is InChI=1S/C41H46ClN3O5/c1-27(46)44-31-16-12-28(13-17-31)26-41(4,39-32-10-6-5-9-29(32)14-19-34(39)43-23-20-37(47)48)22-8-7-11-36-40(2,3)33-18-15-30(42)25-35(33)45(36)24-21-38(49)50/h5-19,25,33,35,43H,20-24,26H2,1-4H3,(H,44,46)(H,47,48)(H,49,50)/b8-7+,36-11+. The van der Waals surface area contributed by atoms with Gasteiger partial charge in [0.15, 0.2) is 0 Å². The average Bonchev–Trinajstić information content (AvgIpc) is 3.26. The molecule has 0 saturated carbocycles. The van der Waals surface area contributed by atoms with Crippen LogP contribution in [0.2, 0.25) is 0 Å². The van der Waals surface area contributed by atoms with Gasteiger partial charge in [0, 0.05) is 58.9 Å². The number of halogens is 1. The van der Waals surface area contributed by atoms with Crippen LogP contribution in [0.1, 0.15) is 58.1 Å². The molecule has 2 aliphatic rings. The number of amides is 1. The number of nitrogens with one attached hydrogen (secondary N) is 2. The molecular formula is C41H46ClN3O5. The zero-order chi connectivity index (χ0) is 36.1. The molecule has 1 aliphatic carbocycles. The van der Waals surface area contributed by atoms with Crippen LogP contribution in [-0.4, -0.2) is 52.1 Å². The summed E-state index contributed by atoms with van der Waals surface area (Å²) in [4.78, 5) is 36.9. The van der Waals surface area contributed by atoms with Crippen LogP contribution in [0.5, 0.6) is 0 Å². The highest BCUT2D eigenvalue weighted by molar-refractivity contribution is 6.31. The maximum atomic E-state index is 11.7. The monoisotopic (exact) mass is 695 g/mol. The van der Waals surface area contributed by atoms with E-state index in [0.717, 1.165) is 39.0 Å². The van der Waals surface area contributed by atoms with Crippen molar-refractivity contribution >= 4 is 51.6 Å². The molecule has 1 fully saturated rings. The normalized spacial score (nSPS) is 20.1. The first-order valence-corrected chi connectivity index (χ1v) is 17.4. The Morgan fingerprint density at radius 3 is 2.42 bits per heavy atom. The van der Waals surface area contributed by atoms with Crippen molar-refractivity contribution in [3.8, 4) is 0 Å². The second-order valence-corrected chi connectivity index (χ2v) is 14.5. The van der Waals surface area contributed by atoms with Crippen LogP contribution >= 0.6 is 11.6 Å². The third kappa shape index (κ3) is 8.30. The molecule has 0 radical (unpaired) electrons. The lowest BCUT2D eigenvalue weighted by Gasteiger charge is -2.33. The lowest BCUT2D eigenvalue weighted by Crippen LogP contribution is -2.33. The van der Waals surface area contributed by atoms with Crippen molar-refractivity contribution in [2.75, 3.05) is 23.7 Å². The fourth-order valence-electron chi connectivity index (χ4n) is 7.56. The summed E-state index contributed by atoms with van der Waals surface area (Å²) in [5.41, 5.74) is 4.18. The van der Waals surface area contributed by atoms with E-state index >= 15 is 0 Å². The Hall–Kier alpha value is -4.82. The Morgan fingerprint density at radius 2 is 1.72 bits per heavy atom. The fourth-order valence-corrected chi connectivity index (χ4v) is 7.77. The minimum atomic E-state index is -0.863. The van der Waals surface area contributed by atoms with Gasteiger partial charge in [-0.3, -0.25) is 14.4 Å². The van der Waals surface area contributed by atoms with Gasteiger partial charge in [0.2, 0.25) is 5.91 Å². The van der Waals surface area contributed by atoms with E-state index in [0.29, 0.717) is 31.0 Å². The average molecular weight is 696 g/mol. The van der Waals surface area contributed by atoms with Gasteiger partial charge >= 0.3 is 11.9 Å². The van der Waals surface area contributed by atoms with Gasteiger partial charge in [-0.2, -0.15) is 0 Å². The summed E-state index contributed by atoms with van der Waals surface area (Å²) in [6, 6.07) is 20.2. The molecule has 50 heavy (non-hydrogen) atoms. The lowest BCUT2D eigenvalue weighted by molar-refractivity contribution is -0.138. The molecule has 0 aromatic heterocycles. The van der Waals surface area contributed by atoms with Crippen LogP contribution in [0.15, 0.2) is 108 Å². The summed E-state index contributed by atoms with van der Waals surface area (Å²) in [6.07, 6.45) is 13.8. The molecule has 1 aliphatic heterocycles. The minimum Gasteiger partial charge on any atom is -0.481 e. The number of carbonyl (C=O) groups excluding carboxylic acids is 1. The van der Waals surface area contributed by atoms with E-state index in [1.54, 1.807) is 0 Å². The Labute approximate surface area is 299 Å². The maximum absolute atomic E-state index is 11.7. The number of benzene rings is 3. The third-order valence-electron chi connectivity index (χ3n) is 9.90. The van der Waals surface area contributed by atoms with E-state index in [1.165, 1.54) is 6.92 Å². The number of carboxylic acid groups (broad SMARTS) is 2. The molecule has 0 spiro atoms. The minimum absolute atomic E-state index is 0.00714. The molecular weight excluding hydrogens is 650 g/mol. The van der Waals surface area contributed by atoms with E-state index in [-0.39, 0.29) is 36.1 Å². The van der Waals surface area contributed by atoms with Gasteiger partial charge in [-0.25, -0.2) is 0 Å². The number of hydrogen-bond donors (Lipinski definition) is 4. The molecule has 3 unspecified atom stereocenters. The smallest absolute Gasteiger partial charge is 0.305 e. The number of rotatable bonds is 14. The number of aliphatic carboxylic acids is 2. The van der Waals surface area contributed by atoms with Gasteiger partial charge < -0.3 is 25.7 Å². The van der Waals surface area contributed by atoms with Crippen LogP contribution < -0.4 is 10.6 Å². The van der Waals surface area contributed by atoms with E-state index in [9.17, 15) is 24.6 Å². The van der Waals surface area contributed by atoms with Gasteiger partial charge in [0.25, 0.3) is 0 Å². The van der Waals surface area contributed by atoms with Crippen LogP contribution in [0.4, 0.5) is 11.4 Å². The number of allylic oxidation sites excluding steroid dienone is 6. The van der Waals surface area contributed by atoms with Crippen molar-refractivity contribution in [3.63, 3.8) is 0 Å². The van der Waals surface area contributed by atoms with E-state index in [2.05, 4.69) is 78.8 Å². The SMILES string of the molecule is CC(=O)Nc1ccc(CC(C)(C/C=C/C=C2/N(CCC(=O)O)C3C=C(Cl)C=CC3C2(C)C)c2c(NCCC(=O)O)ccc3ccccc23)cc1. The van der Waals surface area contributed by atoms with Crippen molar-refractivity contribution in [3.05, 3.63) is 119 Å². The Kier molecular flexibility index (Phi) is 11.2. The van der Waals surface area contributed by atoms with E-state index in [1.807, 2.05) is 54.6 Å². The number of carbonyl (C=O) groups is 3. The largest absolute Gasteiger partial charge is 0.481 e. The first-order chi connectivity index (χ1) is 23.8. The molecule has 3 atom stereocenters. The van der Waals surface area contributed by atoms with Crippen LogP contribution in [0, 0.1) is 11.3 Å². The molecule has 0 bridgehead atoms. The second kappa shape index (κ2) is 15.4. The third-order valence-corrected chi connectivity index (χ3v) is 10.2. The lowest BCUT2D eigenvalue weighted by atomic mass is 9.72. The topological polar surface area (TPSA) is 119 Å². The van der Waals surface area contributed by atoms with Crippen molar-refractivity contribution < 1.29 is 24.6 Å². The second-order valence-electron chi connectivity index (χ2n) is 14.1. The van der Waals surface area contributed by atoms with Gasteiger partial charge in [0.1, 0.15) is 0 Å². The van der Waals surface area contributed by atoms with Gasteiger partial charge in [-0.1, -0.05) is 93.1 Å². The predicted molar refractivity (Wildman–Crippen MR) is 201 cm³/mol. The molecule has 9 heteroatoms. The number of fused-ring (bicyclic) bond motifs is 2. The fraction of sp³-hybridized carbons (Fsp3) is 0.341. The Morgan fingerprint density at radius 1 is 1.00 bits per heavy atom. The van der Waals surface area contributed by atoms with Crippen LogP contribution in [0.25, 0.3) is 10.8 Å². The number of likely N-dealkylation sites (tertiary alicyclic amines) is 1. The molecule has 1 heterocycles. The molecule has 3 aromatic carbocycles.